The first-order valence-corrected chi connectivity index (χ1v) is 9.71. The van der Waals surface area contributed by atoms with E-state index in [1.165, 1.54) is 17.8 Å². The molecular weight excluding hydrogens is 424 g/mol. The van der Waals surface area contributed by atoms with Crippen LogP contribution in [0.3, 0.4) is 0 Å². The summed E-state index contributed by atoms with van der Waals surface area (Å²) >= 11 is 6.15. The molecular formula is C20H21ClN6O4. The predicted molar refractivity (Wildman–Crippen MR) is 115 cm³/mol. The van der Waals surface area contributed by atoms with Crippen molar-refractivity contribution in [2.24, 2.45) is 7.05 Å². The maximum absolute atomic E-state index is 12.4. The van der Waals surface area contributed by atoms with Crippen molar-refractivity contribution in [2.45, 2.75) is 26.1 Å². The van der Waals surface area contributed by atoms with Crippen LogP contribution in [0, 0.1) is 0 Å². The third-order valence-corrected chi connectivity index (χ3v) is 4.67. The van der Waals surface area contributed by atoms with Gasteiger partial charge in [0.05, 0.1) is 17.6 Å². The van der Waals surface area contributed by atoms with Gasteiger partial charge in [0, 0.05) is 17.6 Å². The van der Waals surface area contributed by atoms with Gasteiger partial charge in [-0.05, 0) is 32.0 Å². The molecule has 0 aliphatic heterocycles. The van der Waals surface area contributed by atoms with Crippen LogP contribution < -0.4 is 10.6 Å². The summed E-state index contributed by atoms with van der Waals surface area (Å²) in [4.78, 5) is 28.3. The number of aliphatic hydroxyl groups excluding tert-OH is 1. The first kappa shape index (κ1) is 22.2. The van der Waals surface area contributed by atoms with Crippen LogP contribution in [0.25, 0.3) is 11.4 Å². The Kier molecular flexibility index (Phi) is 6.83. The van der Waals surface area contributed by atoms with Crippen molar-refractivity contribution in [3.63, 3.8) is 0 Å². The Morgan fingerprint density at radius 2 is 1.90 bits per heavy atom. The SMILES string of the molecule is C[C@H](O)C(=O)Nc1ccc(-c2nnn(C)c2NC(=O)O[C@H](C)c2ccccc2Cl)nc1. The zero-order valence-corrected chi connectivity index (χ0v) is 17.8. The molecule has 0 bridgehead atoms. The Labute approximate surface area is 183 Å². The maximum Gasteiger partial charge on any atom is 0.413 e. The van der Waals surface area contributed by atoms with Gasteiger partial charge in [-0.2, -0.15) is 0 Å². The zero-order valence-electron chi connectivity index (χ0n) is 17.0. The number of hydrogen-bond donors (Lipinski definition) is 3. The Morgan fingerprint density at radius 3 is 2.55 bits per heavy atom. The van der Waals surface area contributed by atoms with E-state index >= 15 is 0 Å². The molecule has 0 saturated heterocycles. The van der Waals surface area contributed by atoms with Gasteiger partial charge in [0.1, 0.15) is 12.2 Å². The van der Waals surface area contributed by atoms with Crippen LogP contribution in [-0.4, -0.2) is 43.2 Å². The van der Waals surface area contributed by atoms with Crippen molar-refractivity contribution in [3.05, 3.63) is 53.2 Å². The summed E-state index contributed by atoms with van der Waals surface area (Å²) < 4.78 is 6.80. The molecule has 2 atom stereocenters. The van der Waals surface area contributed by atoms with E-state index in [0.717, 1.165) is 0 Å². The second-order valence-electron chi connectivity index (χ2n) is 6.70. The van der Waals surface area contributed by atoms with E-state index in [0.29, 0.717) is 27.7 Å². The molecule has 3 aromatic rings. The molecule has 3 rings (SSSR count). The molecule has 0 spiro atoms. The molecule has 0 radical (unpaired) electrons. The first-order chi connectivity index (χ1) is 14.8. The lowest BCUT2D eigenvalue weighted by Gasteiger charge is -2.15. The molecule has 2 amide bonds. The lowest BCUT2D eigenvalue weighted by atomic mass is 10.1. The Morgan fingerprint density at radius 1 is 1.16 bits per heavy atom. The monoisotopic (exact) mass is 444 g/mol. The maximum atomic E-state index is 12.4. The van der Waals surface area contributed by atoms with E-state index in [9.17, 15) is 14.7 Å². The van der Waals surface area contributed by atoms with Crippen LogP contribution in [0.4, 0.5) is 16.3 Å². The number of ether oxygens (including phenoxy) is 1. The van der Waals surface area contributed by atoms with Crippen molar-refractivity contribution < 1.29 is 19.4 Å². The van der Waals surface area contributed by atoms with Gasteiger partial charge in [0.15, 0.2) is 11.5 Å². The summed E-state index contributed by atoms with van der Waals surface area (Å²) in [6.07, 6.45) is -1.02. The number of carbonyl (C=O) groups excluding carboxylic acids is 2. The van der Waals surface area contributed by atoms with Crippen molar-refractivity contribution in [3.8, 4) is 11.4 Å². The Bertz CT molecular complexity index is 1080. The zero-order chi connectivity index (χ0) is 22.5. The molecule has 0 fully saturated rings. The van der Waals surface area contributed by atoms with Crippen LogP contribution in [0.2, 0.25) is 5.02 Å². The van der Waals surface area contributed by atoms with Crippen LogP contribution in [-0.2, 0) is 16.6 Å². The van der Waals surface area contributed by atoms with Crippen molar-refractivity contribution >= 4 is 35.1 Å². The lowest BCUT2D eigenvalue weighted by molar-refractivity contribution is -0.123. The van der Waals surface area contributed by atoms with Gasteiger partial charge in [-0.15, -0.1) is 5.10 Å². The van der Waals surface area contributed by atoms with Crippen molar-refractivity contribution in [1.29, 1.82) is 0 Å². The largest absolute Gasteiger partial charge is 0.441 e. The average molecular weight is 445 g/mol. The summed E-state index contributed by atoms with van der Waals surface area (Å²) in [5.41, 5.74) is 1.82. The highest BCUT2D eigenvalue weighted by molar-refractivity contribution is 6.31. The normalized spacial score (nSPS) is 12.7. The minimum absolute atomic E-state index is 0.282. The Balaban J connectivity index is 1.73. The number of hydrogen-bond acceptors (Lipinski definition) is 7. The van der Waals surface area contributed by atoms with E-state index in [2.05, 4.69) is 25.9 Å². The topological polar surface area (TPSA) is 131 Å². The highest BCUT2D eigenvalue weighted by Gasteiger charge is 2.20. The smallest absolute Gasteiger partial charge is 0.413 e. The van der Waals surface area contributed by atoms with Crippen LogP contribution in [0.1, 0.15) is 25.5 Å². The predicted octanol–water partition coefficient (Wildman–Crippen LogP) is 3.16. The molecule has 0 aliphatic carbocycles. The highest BCUT2D eigenvalue weighted by atomic mass is 35.5. The fourth-order valence-corrected chi connectivity index (χ4v) is 2.97. The van der Waals surface area contributed by atoms with Crippen molar-refractivity contribution in [2.75, 3.05) is 10.6 Å². The van der Waals surface area contributed by atoms with Gasteiger partial charge < -0.3 is 15.2 Å². The standard InChI is InChI=1S/C20H21ClN6O4/c1-11(28)19(29)23-13-8-9-16(22-10-13)17-18(27(3)26-25-17)24-20(30)31-12(2)14-6-4-5-7-15(14)21/h4-12,28H,1-3H3,(H,23,29)(H,24,30)/t11-,12+/m0/s1. The van der Waals surface area contributed by atoms with Crippen molar-refractivity contribution in [1.82, 2.24) is 20.0 Å². The number of nitrogens with zero attached hydrogens (tertiary/aromatic N) is 4. The molecule has 162 valence electrons. The molecule has 10 nitrogen and oxygen atoms in total. The third-order valence-electron chi connectivity index (χ3n) is 4.33. The van der Waals surface area contributed by atoms with Gasteiger partial charge in [-0.25, -0.2) is 9.48 Å². The minimum atomic E-state index is -1.14. The number of rotatable bonds is 6. The molecule has 2 aromatic heterocycles. The van der Waals surface area contributed by atoms with Gasteiger partial charge in [0.2, 0.25) is 0 Å². The molecule has 2 heterocycles. The number of amides is 2. The second-order valence-corrected chi connectivity index (χ2v) is 7.11. The fraction of sp³-hybridized carbons (Fsp3) is 0.250. The van der Waals surface area contributed by atoms with Crippen LogP contribution in [0.15, 0.2) is 42.6 Å². The fourth-order valence-electron chi connectivity index (χ4n) is 2.68. The number of aliphatic hydroxyl groups is 1. The molecule has 1 aromatic carbocycles. The number of aryl methyl sites for hydroxylation is 1. The number of pyridine rings is 1. The highest BCUT2D eigenvalue weighted by Crippen LogP contribution is 2.27. The summed E-state index contributed by atoms with van der Waals surface area (Å²) in [7, 11) is 1.61. The van der Waals surface area contributed by atoms with Crippen LogP contribution in [0.5, 0.6) is 0 Å². The number of anilines is 2. The molecule has 0 saturated carbocycles. The number of nitrogens with one attached hydrogen (secondary N) is 2. The van der Waals surface area contributed by atoms with Gasteiger partial charge >= 0.3 is 6.09 Å². The molecule has 3 N–H and O–H groups in total. The van der Waals surface area contributed by atoms with Gasteiger partial charge in [0.25, 0.3) is 5.91 Å². The summed E-state index contributed by atoms with van der Waals surface area (Å²) in [6, 6.07) is 10.3. The van der Waals surface area contributed by atoms with Gasteiger partial charge in [-0.1, -0.05) is 35.0 Å². The number of aromatic nitrogens is 4. The van der Waals surface area contributed by atoms with E-state index in [1.54, 1.807) is 50.4 Å². The first-order valence-electron chi connectivity index (χ1n) is 9.33. The number of benzene rings is 1. The summed E-state index contributed by atoms with van der Waals surface area (Å²) in [6.45, 7) is 3.07. The third kappa shape index (κ3) is 5.36. The van der Waals surface area contributed by atoms with E-state index in [1.807, 2.05) is 0 Å². The number of halogens is 1. The minimum Gasteiger partial charge on any atom is -0.441 e. The Hall–Kier alpha value is -3.50. The molecule has 0 unspecified atom stereocenters. The quantitative estimate of drug-likeness (QED) is 0.532. The van der Waals surface area contributed by atoms with E-state index < -0.39 is 24.2 Å². The molecule has 11 heteroatoms. The number of carbonyl (C=O) groups is 2. The van der Waals surface area contributed by atoms with Crippen LogP contribution >= 0.6 is 11.6 Å². The van der Waals surface area contributed by atoms with Gasteiger partial charge in [-0.3, -0.25) is 15.1 Å². The lowest BCUT2D eigenvalue weighted by Crippen LogP contribution is -2.24. The summed E-state index contributed by atoms with van der Waals surface area (Å²) in [5.74, 6) is -0.267. The average Bonchev–Trinajstić information content (AvgIpc) is 3.08. The molecule has 0 aliphatic rings. The van der Waals surface area contributed by atoms with E-state index in [4.69, 9.17) is 16.3 Å². The second kappa shape index (κ2) is 9.54. The van der Waals surface area contributed by atoms with E-state index in [-0.39, 0.29) is 5.82 Å². The summed E-state index contributed by atoms with van der Waals surface area (Å²) in [5, 5.41) is 22.9. The molecule has 31 heavy (non-hydrogen) atoms.